The summed E-state index contributed by atoms with van der Waals surface area (Å²) in [6.07, 6.45) is -2.49. The first-order chi connectivity index (χ1) is 11.8. The molecular weight excluding hydrogens is 365 g/mol. The zero-order valence-electron chi connectivity index (χ0n) is 16.3. The Morgan fingerprint density at radius 1 is 0.846 bits per heavy atom. The monoisotopic (exact) mass is 397 g/mol. The number of amides is 2. The summed E-state index contributed by atoms with van der Waals surface area (Å²) < 4.78 is 10.6. The van der Waals surface area contributed by atoms with E-state index in [-0.39, 0.29) is 0 Å². The van der Waals surface area contributed by atoms with Gasteiger partial charge in [0.1, 0.15) is 24.3 Å². The SMILES string of the molecule is CC(C)O[P+]([O-])(N[C@@H](C)C(=O)N[C@@H](C)C(=O)N[C@@H](C)C(O)O)OC(C)C. The number of carbonyl (C=O) groups excluding carboxylic acids is 2. The van der Waals surface area contributed by atoms with E-state index in [2.05, 4.69) is 15.7 Å². The van der Waals surface area contributed by atoms with Crippen LogP contribution in [0.15, 0.2) is 0 Å². The minimum absolute atomic E-state index is 0.390. The normalized spacial score (nSPS) is 15.9. The summed E-state index contributed by atoms with van der Waals surface area (Å²) >= 11 is 0. The Hall–Kier alpha value is -0.870. The lowest BCUT2D eigenvalue weighted by atomic mass is 10.2. The van der Waals surface area contributed by atoms with Gasteiger partial charge in [0, 0.05) is 0 Å². The van der Waals surface area contributed by atoms with Crippen LogP contribution in [0.1, 0.15) is 48.5 Å². The maximum atomic E-state index is 12.7. The molecule has 0 aromatic heterocycles. The molecule has 0 unspecified atom stereocenters. The van der Waals surface area contributed by atoms with Crippen molar-refractivity contribution in [2.75, 3.05) is 0 Å². The summed E-state index contributed by atoms with van der Waals surface area (Å²) in [4.78, 5) is 36.9. The summed E-state index contributed by atoms with van der Waals surface area (Å²) in [6, 6.07) is -2.80. The standard InChI is InChI=1S/C15H32N3O7P/c1-8(2)24-26(23,25-9(3)4)18-11(6)14(20)16-10(5)13(19)17-12(7)15(21)22/h8-12,15,21-22H,1-7H3,(H,16,20)(H,17,19)(H,18,23)/t10-,11-,12-/m0/s1. The number of rotatable bonds is 11. The number of nitrogens with one attached hydrogen (secondary N) is 3. The van der Waals surface area contributed by atoms with Gasteiger partial charge in [0.05, 0.1) is 6.04 Å². The van der Waals surface area contributed by atoms with Gasteiger partial charge in [-0.1, -0.05) is 0 Å². The van der Waals surface area contributed by atoms with E-state index in [1.807, 2.05) is 0 Å². The molecule has 0 heterocycles. The van der Waals surface area contributed by atoms with Crippen LogP contribution >= 0.6 is 8.09 Å². The van der Waals surface area contributed by atoms with Gasteiger partial charge in [-0.25, -0.2) is 0 Å². The molecule has 0 aromatic rings. The predicted octanol–water partition coefficient (Wildman–Crippen LogP) is -0.827. The second-order valence-corrected chi connectivity index (χ2v) is 8.27. The smallest absolute Gasteiger partial charge is 0.313 e. The van der Waals surface area contributed by atoms with Gasteiger partial charge >= 0.3 is 8.09 Å². The van der Waals surface area contributed by atoms with Crippen LogP contribution in [-0.4, -0.2) is 58.7 Å². The van der Waals surface area contributed by atoms with Gasteiger partial charge in [-0.3, -0.25) is 9.59 Å². The molecule has 0 rings (SSSR count). The van der Waals surface area contributed by atoms with Crippen LogP contribution in [0.3, 0.4) is 0 Å². The van der Waals surface area contributed by atoms with Gasteiger partial charge in [-0.2, -0.15) is 9.05 Å². The Morgan fingerprint density at radius 2 is 1.27 bits per heavy atom. The zero-order chi connectivity index (χ0) is 20.7. The molecule has 0 radical (unpaired) electrons. The van der Waals surface area contributed by atoms with Crippen molar-refractivity contribution in [3.05, 3.63) is 0 Å². The van der Waals surface area contributed by atoms with Crippen molar-refractivity contribution in [2.24, 2.45) is 0 Å². The second-order valence-electron chi connectivity index (χ2n) is 6.60. The third kappa shape index (κ3) is 9.72. The molecule has 0 spiro atoms. The van der Waals surface area contributed by atoms with Crippen molar-refractivity contribution in [3.63, 3.8) is 0 Å². The highest BCUT2D eigenvalue weighted by molar-refractivity contribution is 7.57. The fraction of sp³-hybridized carbons (Fsp3) is 0.867. The molecule has 0 bridgehead atoms. The zero-order valence-corrected chi connectivity index (χ0v) is 17.2. The summed E-state index contributed by atoms with van der Waals surface area (Å²) in [7, 11) is -3.72. The number of aliphatic hydroxyl groups excluding tert-OH is 1. The van der Waals surface area contributed by atoms with Crippen LogP contribution in [0.25, 0.3) is 0 Å². The molecule has 0 aliphatic rings. The third-order valence-corrected chi connectivity index (χ3v) is 5.12. The maximum Gasteiger partial charge on any atom is 0.313 e. The van der Waals surface area contributed by atoms with Crippen LogP contribution in [0.4, 0.5) is 0 Å². The number of hydrogen-bond donors (Lipinski definition) is 5. The molecule has 154 valence electrons. The predicted molar refractivity (Wildman–Crippen MR) is 95.4 cm³/mol. The lowest BCUT2D eigenvalue weighted by Gasteiger charge is -2.32. The number of aliphatic hydroxyl groups is 2. The maximum absolute atomic E-state index is 12.7. The van der Waals surface area contributed by atoms with Crippen molar-refractivity contribution >= 4 is 19.9 Å². The van der Waals surface area contributed by atoms with Gasteiger partial charge in [-0.05, 0) is 48.5 Å². The van der Waals surface area contributed by atoms with E-state index >= 15 is 0 Å². The lowest BCUT2D eigenvalue weighted by Crippen LogP contribution is -2.54. The largest absolute Gasteiger partial charge is 0.616 e. The molecule has 2 amide bonds. The molecule has 11 heteroatoms. The first-order valence-electron chi connectivity index (χ1n) is 8.49. The Kier molecular flexibility index (Phi) is 10.7. The molecule has 5 N–H and O–H groups in total. The second kappa shape index (κ2) is 11.1. The van der Waals surface area contributed by atoms with Crippen molar-refractivity contribution in [3.8, 4) is 0 Å². The highest BCUT2D eigenvalue weighted by Crippen LogP contribution is 2.50. The summed E-state index contributed by atoms with van der Waals surface area (Å²) in [5, 5.41) is 25.3. The molecule has 10 nitrogen and oxygen atoms in total. The van der Waals surface area contributed by atoms with Crippen molar-refractivity contribution in [1.29, 1.82) is 0 Å². The van der Waals surface area contributed by atoms with Gasteiger partial charge in [0.15, 0.2) is 6.29 Å². The van der Waals surface area contributed by atoms with E-state index in [1.54, 1.807) is 27.7 Å². The van der Waals surface area contributed by atoms with E-state index in [0.29, 0.717) is 0 Å². The highest BCUT2D eigenvalue weighted by atomic mass is 31.2. The minimum atomic E-state index is -3.72. The van der Waals surface area contributed by atoms with Crippen LogP contribution in [0.5, 0.6) is 0 Å². The molecule has 0 aliphatic carbocycles. The van der Waals surface area contributed by atoms with E-state index in [0.717, 1.165) is 0 Å². The third-order valence-electron chi connectivity index (χ3n) is 3.01. The molecular formula is C15H32N3O7P. The molecule has 0 saturated heterocycles. The van der Waals surface area contributed by atoms with Crippen molar-refractivity contribution < 1.29 is 33.7 Å². The van der Waals surface area contributed by atoms with Gasteiger partial charge in [0.25, 0.3) is 0 Å². The molecule has 26 heavy (non-hydrogen) atoms. The fourth-order valence-corrected chi connectivity index (χ4v) is 3.64. The number of hydrogen-bond acceptors (Lipinski definition) is 8. The highest BCUT2D eigenvalue weighted by Gasteiger charge is 2.37. The Morgan fingerprint density at radius 3 is 1.65 bits per heavy atom. The first kappa shape index (κ1) is 25.1. The molecule has 0 saturated carbocycles. The number of carbonyl (C=O) groups is 2. The summed E-state index contributed by atoms with van der Waals surface area (Å²) in [5.41, 5.74) is 0. The van der Waals surface area contributed by atoms with E-state index < -0.39 is 56.5 Å². The van der Waals surface area contributed by atoms with E-state index in [9.17, 15) is 14.5 Å². The Balaban J connectivity index is 4.79. The minimum Gasteiger partial charge on any atom is -0.616 e. The van der Waals surface area contributed by atoms with Gasteiger partial charge < -0.3 is 25.7 Å². The molecule has 0 aromatic carbocycles. The van der Waals surface area contributed by atoms with Crippen molar-refractivity contribution in [2.45, 2.75) is 85.1 Å². The average molecular weight is 397 g/mol. The van der Waals surface area contributed by atoms with Crippen LogP contribution in [0.2, 0.25) is 0 Å². The summed E-state index contributed by atoms with van der Waals surface area (Å²) in [6.45, 7) is 11.0. The van der Waals surface area contributed by atoms with Crippen LogP contribution in [-0.2, 0) is 18.6 Å². The fourth-order valence-electron chi connectivity index (χ4n) is 1.76. The van der Waals surface area contributed by atoms with Crippen LogP contribution < -0.4 is 20.6 Å². The lowest BCUT2D eigenvalue weighted by molar-refractivity contribution is -0.230. The average Bonchev–Trinajstić information content (AvgIpc) is 2.44. The van der Waals surface area contributed by atoms with Gasteiger partial charge in [-0.15, -0.1) is 5.09 Å². The van der Waals surface area contributed by atoms with Gasteiger partial charge in [0.2, 0.25) is 11.8 Å². The quantitative estimate of drug-likeness (QED) is 0.224. The molecule has 0 aliphatic heterocycles. The topological polar surface area (TPSA) is 152 Å². The van der Waals surface area contributed by atoms with E-state index in [1.165, 1.54) is 20.8 Å². The Bertz CT molecular complexity index is 453. The summed E-state index contributed by atoms with van der Waals surface area (Å²) in [5.74, 6) is -1.18. The molecule has 3 atom stereocenters. The van der Waals surface area contributed by atoms with Crippen molar-refractivity contribution in [1.82, 2.24) is 15.7 Å². The van der Waals surface area contributed by atoms with E-state index in [4.69, 9.17) is 19.3 Å². The Labute approximate surface area is 155 Å². The first-order valence-corrected chi connectivity index (χ1v) is 10.0. The molecule has 0 fully saturated rings. The van der Waals surface area contributed by atoms with Crippen LogP contribution in [0, 0.1) is 0 Å².